The van der Waals surface area contributed by atoms with Gasteiger partial charge in [0.2, 0.25) is 0 Å². The van der Waals surface area contributed by atoms with Crippen LogP contribution >= 0.6 is 0 Å². The molecule has 2 aliphatic rings. The molecule has 2 aliphatic heterocycles. The highest BCUT2D eigenvalue weighted by atomic mass is 19.1. The average molecular weight is 526 g/mol. The number of halogens is 3. The number of aryl methyl sites for hydroxylation is 2. The SMILES string of the molecule is C[C@@H]1C[C@H](N)CN(c2ccncc2CCc2ccc(F)c(-c3c(F)cc(C4(O)CCOCC4)cc3F)c2)C1. The van der Waals surface area contributed by atoms with Gasteiger partial charge in [0.15, 0.2) is 0 Å². The molecular formula is C30H34F3N3O2. The summed E-state index contributed by atoms with van der Waals surface area (Å²) in [5.41, 5.74) is 7.37. The first kappa shape index (κ1) is 26.7. The lowest BCUT2D eigenvalue weighted by Crippen LogP contribution is -2.46. The number of aliphatic hydroxyl groups is 1. The van der Waals surface area contributed by atoms with Crippen molar-refractivity contribution in [1.82, 2.24) is 4.98 Å². The molecule has 2 atom stereocenters. The van der Waals surface area contributed by atoms with Gasteiger partial charge in [-0.05, 0) is 72.2 Å². The van der Waals surface area contributed by atoms with E-state index < -0.39 is 28.6 Å². The zero-order chi connectivity index (χ0) is 26.9. The first-order valence-electron chi connectivity index (χ1n) is 13.3. The highest BCUT2D eigenvalue weighted by molar-refractivity contribution is 5.67. The fourth-order valence-corrected chi connectivity index (χ4v) is 5.81. The Morgan fingerprint density at radius 3 is 2.47 bits per heavy atom. The third-order valence-electron chi connectivity index (χ3n) is 7.79. The minimum Gasteiger partial charge on any atom is -0.385 e. The molecule has 0 unspecified atom stereocenters. The summed E-state index contributed by atoms with van der Waals surface area (Å²) in [4.78, 5) is 6.60. The average Bonchev–Trinajstić information content (AvgIpc) is 2.88. The summed E-state index contributed by atoms with van der Waals surface area (Å²) in [6, 6.07) is 8.73. The van der Waals surface area contributed by atoms with Crippen molar-refractivity contribution in [3.63, 3.8) is 0 Å². The largest absolute Gasteiger partial charge is 0.385 e. The molecule has 0 spiro atoms. The third kappa shape index (κ3) is 5.58. The van der Waals surface area contributed by atoms with Crippen LogP contribution in [0.2, 0.25) is 0 Å². The van der Waals surface area contributed by atoms with E-state index in [0.29, 0.717) is 32.0 Å². The van der Waals surface area contributed by atoms with Crippen molar-refractivity contribution in [2.75, 3.05) is 31.2 Å². The molecule has 5 rings (SSSR count). The van der Waals surface area contributed by atoms with Crippen LogP contribution in [0.25, 0.3) is 11.1 Å². The molecule has 3 heterocycles. The van der Waals surface area contributed by atoms with Crippen molar-refractivity contribution >= 4 is 5.69 Å². The first-order chi connectivity index (χ1) is 18.2. The van der Waals surface area contributed by atoms with Crippen molar-refractivity contribution in [2.45, 2.75) is 50.7 Å². The summed E-state index contributed by atoms with van der Waals surface area (Å²) in [6.07, 6.45) is 6.27. The number of hydrogen-bond acceptors (Lipinski definition) is 5. The van der Waals surface area contributed by atoms with Crippen LogP contribution in [0.3, 0.4) is 0 Å². The van der Waals surface area contributed by atoms with E-state index >= 15 is 8.78 Å². The van der Waals surface area contributed by atoms with Gasteiger partial charge in [0, 0.05) is 68.8 Å². The molecule has 202 valence electrons. The summed E-state index contributed by atoms with van der Waals surface area (Å²) < 4.78 is 50.6. The van der Waals surface area contributed by atoms with Gasteiger partial charge in [-0.3, -0.25) is 4.98 Å². The number of pyridine rings is 1. The van der Waals surface area contributed by atoms with E-state index in [4.69, 9.17) is 10.5 Å². The molecule has 3 aromatic rings. The second-order valence-electron chi connectivity index (χ2n) is 10.8. The molecule has 0 radical (unpaired) electrons. The number of aromatic nitrogens is 1. The van der Waals surface area contributed by atoms with Gasteiger partial charge in [0.1, 0.15) is 17.5 Å². The Bertz CT molecular complexity index is 1260. The van der Waals surface area contributed by atoms with Crippen LogP contribution in [0, 0.1) is 23.4 Å². The van der Waals surface area contributed by atoms with Crippen LogP contribution in [0.4, 0.5) is 18.9 Å². The maximum absolute atomic E-state index is 15.2. The number of nitrogens with two attached hydrogens (primary N) is 1. The van der Waals surface area contributed by atoms with Gasteiger partial charge in [-0.15, -0.1) is 0 Å². The van der Waals surface area contributed by atoms with Crippen LogP contribution in [-0.2, 0) is 23.2 Å². The molecule has 2 saturated heterocycles. The predicted octanol–water partition coefficient (Wildman–Crippen LogP) is 5.12. The van der Waals surface area contributed by atoms with Crippen LogP contribution in [0.1, 0.15) is 42.9 Å². The second-order valence-corrected chi connectivity index (χ2v) is 10.8. The summed E-state index contributed by atoms with van der Waals surface area (Å²) in [5.74, 6) is -2.02. The Labute approximate surface area is 221 Å². The molecule has 1 aromatic heterocycles. The molecule has 3 N–H and O–H groups in total. The van der Waals surface area contributed by atoms with Gasteiger partial charge in [-0.25, -0.2) is 13.2 Å². The van der Waals surface area contributed by atoms with Crippen molar-refractivity contribution < 1.29 is 23.0 Å². The van der Waals surface area contributed by atoms with Crippen molar-refractivity contribution in [2.24, 2.45) is 11.7 Å². The van der Waals surface area contributed by atoms with E-state index in [-0.39, 0.29) is 30.0 Å². The van der Waals surface area contributed by atoms with Crippen molar-refractivity contribution in [3.05, 3.63) is 82.9 Å². The monoisotopic (exact) mass is 525 g/mol. The Morgan fingerprint density at radius 1 is 1.03 bits per heavy atom. The number of rotatable bonds is 6. The Kier molecular flexibility index (Phi) is 7.75. The maximum Gasteiger partial charge on any atom is 0.134 e. The topological polar surface area (TPSA) is 71.6 Å². The number of anilines is 1. The minimum atomic E-state index is -1.36. The molecule has 0 amide bonds. The highest BCUT2D eigenvalue weighted by Crippen LogP contribution is 2.37. The second kappa shape index (κ2) is 11.0. The normalized spacial score (nSPS) is 21.5. The van der Waals surface area contributed by atoms with Crippen LogP contribution in [0.15, 0.2) is 48.8 Å². The lowest BCUT2D eigenvalue weighted by Gasteiger charge is -2.37. The highest BCUT2D eigenvalue weighted by Gasteiger charge is 2.34. The zero-order valence-electron chi connectivity index (χ0n) is 21.6. The maximum atomic E-state index is 15.2. The third-order valence-corrected chi connectivity index (χ3v) is 7.79. The van der Waals surface area contributed by atoms with E-state index in [1.165, 1.54) is 12.1 Å². The van der Waals surface area contributed by atoms with Crippen LogP contribution < -0.4 is 10.6 Å². The Morgan fingerprint density at radius 2 is 1.76 bits per heavy atom. The Hall–Kier alpha value is -2.94. The number of benzene rings is 2. The molecule has 0 saturated carbocycles. The summed E-state index contributed by atoms with van der Waals surface area (Å²) in [7, 11) is 0. The molecule has 38 heavy (non-hydrogen) atoms. The van der Waals surface area contributed by atoms with E-state index in [1.54, 1.807) is 12.3 Å². The number of nitrogens with zero attached hydrogens (tertiary/aromatic N) is 2. The minimum absolute atomic E-state index is 0.114. The molecule has 5 nitrogen and oxygen atoms in total. The van der Waals surface area contributed by atoms with Crippen LogP contribution in [-0.4, -0.2) is 42.4 Å². The van der Waals surface area contributed by atoms with E-state index in [9.17, 15) is 9.50 Å². The molecule has 8 heteroatoms. The van der Waals surface area contributed by atoms with Gasteiger partial charge in [-0.2, -0.15) is 0 Å². The smallest absolute Gasteiger partial charge is 0.134 e. The van der Waals surface area contributed by atoms with Gasteiger partial charge < -0.3 is 20.5 Å². The Balaban J connectivity index is 1.39. The van der Waals surface area contributed by atoms with Crippen LogP contribution in [0.5, 0.6) is 0 Å². The fraction of sp³-hybridized carbons (Fsp3) is 0.433. The predicted molar refractivity (Wildman–Crippen MR) is 141 cm³/mol. The van der Waals surface area contributed by atoms with Gasteiger partial charge in [-0.1, -0.05) is 13.0 Å². The van der Waals surface area contributed by atoms with Gasteiger partial charge >= 0.3 is 0 Å². The summed E-state index contributed by atoms with van der Waals surface area (Å²) in [5, 5.41) is 10.9. The number of ether oxygens (including phenoxy) is 1. The lowest BCUT2D eigenvalue weighted by molar-refractivity contribution is -0.0682. The van der Waals surface area contributed by atoms with Gasteiger partial charge in [0.05, 0.1) is 11.2 Å². The molecule has 2 aromatic carbocycles. The number of hydrogen-bond donors (Lipinski definition) is 2. The number of piperidine rings is 1. The van der Waals surface area contributed by atoms with E-state index in [2.05, 4.69) is 16.8 Å². The van der Waals surface area contributed by atoms with Crippen molar-refractivity contribution in [1.29, 1.82) is 0 Å². The fourth-order valence-electron chi connectivity index (χ4n) is 5.81. The summed E-state index contributed by atoms with van der Waals surface area (Å²) >= 11 is 0. The first-order valence-corrected chi connectivity index (χ1v) is 13.3. The molecule has 0 bridgehead atoms. The molecular weight excluding hydrogens is 491 g/mol. The van der Waals surface area contributed by atoms with Gasteiger partial charge in [0.25, 0.3) is 0 Å². The van der Waals surface area contributed by atoms with Crippen molar-refractivity contribution in [3.8, 4) is 11.1 Å². The zero-order valence-corrected chi connectivity index (χ0v) is 21.6. The summed E-state index contributed by atoms with van der Waals surface area (Å²) in [6.45, 7) is 4.50. The standard InChI is InChI=1S/C30H34F3N3O2/c1-19-12-23(34)18-36(17-19)28-6-9-35-16-21(28)4-2-20-3-5-25(31)24(13-20)29-26(32)14-22(15-27(29)33)30(37)7-10-38-11-8-30/h3,5-6,9,13-16,19,23,37H,2,4,7-8,10-12,17-18,34H2,1H3/t19-,23+/m1/s1. The van der Waals surface area contributed by atoms with E-state index in [0.717, 1.165) is 48.5 Å². The molecule has 0 aliphatic carbocycles. The van der Waals surface area contributed by atoms with E-state index in [1.807, 2.05) is 12.3 Å². The quantitative estimate of drug-likeness (QED) is 0.467. The molecule has 2 fully saturated rings. The lowest BCUT2D eigenvalue weighted by atomic mass is 9.85.